The molecule has 1 nitrogen and oxygen atoms in total. The van der Waals surface area contributed by atoms with Crippen LogP contribution in [0.3, 0.4) is 0 Å². The molecule has 0 aromatic rings. The second kappa shape index (κ2) is 7.58. The number of hydrogen-bond donors (Lipinski definition) is 0. The van der Waals surface area contributed by atoms with Gasteiger partial charge in [0.25, 0.3) is 0 Å². The number of hydrogen-bond acceptors (Lipinski definition) is 0. The molecule has 0 amide bonds. The van der Waals surface area contributed by atoms with Crippen LogP contribution in [0.1, 0.15) is 38.5 Å². The van der Waals surface area contributed by atoms with Gasteiger partial charge >= 0.3 is 0 Å². The molecule has 0 radical (unpaired) electrons. The van der Waals surface area contributed by atoms with Gasteiger partial charge in [-0.25, -0.2) is 0 Å². The van der Waals surface area contributed by atoms with Crippen LogP contribution in [0.15, 0.2) is 0 Å². The van der Waals surface area contributed by atoms with E-state index >= 15 is 0 Å². The molecule has 2 heteroatoms. The van der Waals surface area contributed by atoms with E-state index in [-0.39, 0.29) is 17.1 Å². The summed E-state index contributed by atoms with van der Waals surface area (Å²) in [5.74, 6) is 0. The Morgan fingerprint density at radius 2 is 1.00 bits per heavy atom. The Morgan fingerprint density at radius 1 is 0.600 bits per heavy atom. The van der Waals surface area contributed by atoms with Crippen molar-refractivity contribution in [3.63, 3.8) is 0 Å². The molecule has 1 aliphatic heterocycles. The van der Waals surface area contributed by atoms with Gasteiger partial charge in [0.1, 0.15) is 0 Å². The molecule has 0 saturated carbocycles. The van der Waals surface area contributed by atoms with E-state index in [4.69, 9.17) is 0 Å². The molecule has 0 unspecified atom stereocenters. The Kier molecular flexibility index (Phi) is 7.95. The predicted molar refractivity (Wildman–Crippen MR) is 40.8 cm³/mol. The summed E-state index contributed by atoms with van der Waals surface area (Å²) < 4.78 is 0. The fourth-order valence-corrected chi connectivity index (χ4v) is 1.27. The average molecular weight is 182 g/mol. The fraction of sp³-hybridized carbons (Fsp3) is 1.00. The van der Waals surface area contributed by atoms with Gasteiger partial charge in [0.2, 0.25) is 0 Å². The second-order valence-corrected chi connectivity index (χ2v) is 2.79. The summed E-state index contributed by atoms with van der Waals surface area (Å²) in [6, 6.07) is 0. The van der Waals surface area contributed by atoms with Gasteiger partial charge in [0.05, 0.1) is 0 Å². The van der Waals surface area contributed by atoms with E-state index in [1.807, 2.05) is 0 Å². The van der Waals surface area contributed by atoms with Crippen molar-refractivity contribution >= 4 is 0 Å². The maximum Gasteiger partial charge on any atom is 0 e. The smallest absolute Gasteiger partial charge is 0 e. The molecule has 62 valence electrons. The third-order valence-electron chi connectivity index (χ3n) is 1.88. The monoisotopic (exact) mass is 182 g/mol. The summed E-state index contributed by atoms with van der Waals surface area (Å²) in [6.07, 6.45) is 8.36. The van der Waals surface area contributed by atoms with Gasteiger partial charge in [-0.3, -0.25) is 0 Å². The maximum absolute atomic E-state index is 4.39. The first kappa shape index (κ1) is 10.5. The van der Waals surface area contributed by atoms with Crippen molar-refractivity contribution in [2.24, 2.45) is 0 Å². The van der Waals surface area contributed by atoms with Crippen molar-refractivity contribution in [1.29, 1.82) is 0 Å². The third kappa shape index (κ3) is 5.28. The van der Waals surface area contributed by atoms with E-state index in [2.05, 4.69) is 5.32 Å². The van der Waals surface area contributed by atoms with Gasteiger partial charge in [-0.1, -0.05) is 38.5 Å². The van der Waals surface area contributed by atoms with Crippen LogP contribution in [0.2, 0.25) is 0 Å². The van der Waals surface area contributed by atoms with Crippen molar-refractivity contribution < 1.29 is 17.1 Å². The molecule has 0 aliphatic carbocycles. The van der Waals surface area contributed by atoms with Crippen molar-refractivity contribution in [3.8, 4) is 0 Å². The summed E-state index contributed by atoms with van der Waals surface area (Å²) in [6.45, 7) is 2.25. The van der Waals surface area contributed by atoms with Gasteiger partial charge in [-0.05, 0) is 0 Å². The zero-order valence-electron chi connectivity index (χ0n) is 6.46. The SMILES string of the molecule is C1CCCC[N-]CCC1.[Fe]. The Balaban J connectivity index is 0.000000810. The van der Waals surface area contributed by atoms with Crippen LogP contribution in [0.25, 0.3) is 5.32 Å². The molecule has 0 aromatic carbocycles. The topological polar surface area (TPSA) is 14.1 Å². The first-order valence-electron chi connectivity index (χ1n) is 4.13. The fourth-order valence-electron chi connectivity index (χ4n) is 1.27. The molecule has 1 rings (SSSR count). The Morgan fingerprint density at radius 3 is 1.50 bits per heavy atom. The summed E-state index contributed by atoms with van der Waals surface area (Å²) in [5.41, 5.74) is 0. The van der Waals surface area contributed by atoms with Crippen molar-refractivity contribution in [2.75, 3.05) is 13.1 Å². The van der Waals surface area contributed by atoms with Crippen LogP contribution in [0.5, 0.6) is 0 Å². The molecule has 1 heterocycles. The largest absolute Gasteiger partial charge is 0.662 e. The molecule has 0 aromatic heterocycles. The van der Waals surface area contributed by atoms with Crippen molar-refractivity contribution in [1.82, 2.24) is 0 Å². The zero-order valence-corrected chi connectivity index (χ0v) is 7.56. The van der Waals surface area contributed by atoms with Crippen LogP contribution in [-0.2, 0) is 17.1 Å². The first-order chi connectivity index (χ1) is 4.50. The minimum absolute atomic E-state index is 0. The van der Waals surface area contributed by atoms with E-state index in [9.17, 15) is 0 Å². The van der Waals surface area contributed by atoms with E-state index < -0.39 is 0 Å². The molecule has 1 fully saturated rings. The Labute approximate surface area is 74.4 Å². The van der Waals surface area contributed by atoms with Gasteiger partial charge in [0, 0.05) is 17.1 Å². The molecule has 0 atom stereocenters. The summed E-state index contributed by atoms with van der Waals surface area (Å²) in [5, 5.41) is 4.39. The van der Waals surface area contributed by atoms with Gasteiger partial charge in [-0.15, -0.1) is 13.1 Å². The number of nitrogens with zero attached hydrogens (tertiary/aromatic N) is 1. The van der Waals surface area contributed by atoms with Gasteiger partial charge in [0.15, 0.2) is 0 Å². The quantitative estimate of drug-likeness (QED) is 0.511. The molecule has 1 aliphatic rings. The van der Waals surface area contributed by atoms with Gasteiger partial charge < -0.3 is 5.32 Å². The minimum Gasteiger partial charge on any atom is -0.662 e. The first-order valence-corrected chi connectivity index (χ1v) is 4.13. The van der Waals surface area contributed by atoms with E-state index in [1.54, 1.807) is 0 Å². The molecular formula is C8H16FeN-. The Bertz CT molecular complexity index is 37.7. The third-order valence-corrected chi connectivity index (χ3v) is 1.88. The number of rotatable bonds is 0. The van der Waals surface area contributed by atoms with E-state index in [1.165, 1.54) is 38.5 Å². The molecule has 1 saturated heterocycles. The van der Waals surface area contributed by atoms with Crippen LogP contribution in [0.4, 0.5) is 0 Å². The standard InChI is InChI=1S/C8H16N.Fe/c1-2-4-6-8-9-7-5-3-1;/h1-8H2;/q-1;. The molecular weight excluding hydrogens is 166 g/mol. The van der Waals surface area contributed by atoms with Crippen LogP contribution < -0.4 is 0 Å². The van der Waals surface area contributed by atoms with Crippen molar-refractivity contribution in [3.05, 3.63) is 5.32 Å². The molecule has 0 spiro atoms. The second-order valence-electron chi connectivity index (χ2n) is 2.79. The van der Waals surface area contributed by atoms with Crippen LogP contribution in [-0.4, -0.2) is 13.1 Å². The Hall–Kier alpha value is 0.479. The van der Waals surface area contributed by atoms with Crippen LogP contribution >= 0.6 is 0 Å². The molecule has 0 bridgehead atoms. The average Bonchev–Trinajstić information content (AvgIpc) is 2.00. The minimum atomic E-state index is 0. The normalized spacial score (nSPS) is 21.6. The van der Waals surface area contributed by atoms with E-state index in [0.717, 1.165) is 13.1 Å². The molecule has 10 heavy (non-hydrogen) atoms. The zero-order chi connectivity index (χ0) is 6.36. The van der Waals surface area contributed by atoms with Crippen LogP contribution in [0, 0.1) is 0 Å². The predicted octanol–water partition coefficient (Wildman–Crippen LogP) is 2.71. The van der Waals surface area contributed by atoms with E-state index in [0.29, 0.717) is 0 Å². The summed E-state index contributed by atoms with van der Waals surface area (Å²) in [7, 11) is 0. The summed E-state index contributed by atoms with van der Waals surface area (Å²) in [4.78, 5) is 0. The summed E-state index contributed by atoms with van der Waals surface area (Å²) >= 11 is 0. The molecule has 0 N–H and O–H groups in total. The van der Waals surface area contributed by atoms with Crippen molar-refractivity contribution in [2.45, 2.75) is 38.5 Å². The maximum atomic E-state index is 4.39. The van der Waals surface area contributed by atoms with Gasteiger partial charge in [-0.2, -0.15) is 0 Å².